The lowest BCUT2D eigenvalue weighted by Gasteiger charge is -2.28. The van der Waals surface area contributed by atoms with Gasteiger partial charge in [-0.3, -0.25) is 15.0 Å². The number of nitrogens with zero attached hydrogens (tertiary/aromatic N) is 1. The van der Waals surface area contributed by atoms with Crippen LogP contribution in [0.2, 0.25) is 5.02 Å². The fourth-order valence-corrected chi connectivity index (χ4v) is 2.59. The highest BCUT2D eigenvalue weighted by Crippen LogP contribution is 2.21. The first-order chi connectivity index (χ1) is 11.9. The largest absolute Gasteiger partial charge is 0.321 e. The van der Waals surface area contributed by atoms with Crippen molar-refractivity contribution in [1.29, 1.82) is 0 Å². The smallest absolute Gasteiger partial charge is 0.273 e. The molecule has 5 nitrogen and oxygen atoms in total. The summed E-state index contributed by atoms with van der Waals surface area (Å²) in [6.07, 6.45) is 1.73. The van der Waals surface area contributed by atoms with Crippen LogP contribution in [0.3, 0.4) is 0 Å². The highest BCUT2D eigenvalue weighted by atomic mass is 35.5. The molecule has 0 aromatic heterocycles. The molecule has 0 aliphatic carbocycles. The number of hydrogen-bond acceptors (Lipinski definition) is 3. The van der Waals surface area contributed by atoms with E-state index in [1.165, 1.54) is 5.01 Å². The number of aryl methyl sites for hydroxylation is 2. The van der Waals surface area contributed by atoms with Crippen LogP contribution >= 0.6 is 11.6 Å². The molecule has 0 atom stereocenters. The van der Waals surface area contributed by atoms with Crippen molar-refractivity contribution in [3.8, 4) is 0 Å². The zero-order valence-electron chi connectivity index (χ0n) is 14.0. The van der Waals surface area contributed by atoms with Crippen molar-refractivity contribution in [2.75, 3.05) is 10.3 Å². The Balaban J connectivity index is 1.75. The van der Waals surface area contributed by atoms with E-state index in [4.69, 9.17) is 11.6 Å². The van der Waals surface area contributed by atoms with Gasteiger partial charge in [0.05, 0.1) is 5.69 Å². The van der Waals surface area contributed by atoms with E-state index >= 15 is 0 Å². The van der Waals surface area contributed by atoms with E-state index in [0.29, 0.717) is 22.1 Å². The monoisotopic (exact) mass is 355 g/mol. The van der Waals surface area contributed by atoms with Crippen LogP contribution in [-0.4, -0.2) is 11.8 Å². The zero-order valence-corrected chi connectivity index (χ0v) is 14.7. The van der Waals surface area contributed by atoms with Crippen molar-refractivity contribution in [3.63, 3.8) is 0 Å². The minimum Gasteiger partial charge on any atom is -0.321 e. The van der Waals surface area contributed by atoms with Gasteiger partial charge in [0, 0.05) is 17.1 Å². The van der Waals surface area contributed by atoms with Crippen molar-refractivity contribution >= 4 is 34.8 Å². The van der Waals surface area contributed by atoms with Crippen LogP contribution in [0, 0.1) is 13.8 Å². The van der Waals surface area contributed by atoms with Gasteiger partial charge in [0.2, 0.25) is 5.91 Å². The van der Waals surface area contributed by atoms with Gasteiger partial charge in [-0.1, -0.05) is 17.7 Å². The molecular formula is C19H18ClN3O2. The van der Waals surface area contributed by atoms with Gasteiger partial charge < -0.3 is 5.32 Å². The van der Waals surface area contributed by atoms with Crippen molar-refractivity contribution < 1.29 is 9.59 Å². The van der Waals surface area contributed by atoms with Gasteiger partial charge in [-0.25, -0.2) is 5.01 Å². The second kappa shape index (κ2) is 6.99. The molecule has 1 heterocycles. The molecule has 2 aromatic rings. The molecule has 0 radical (unpaired) electrons. The van der Waals surface area contributed by atoms with E-state index in [2.05, 4.69) is 10.7 Å². The fraction of sp³-hybridized carbons (Fsp3) is 0.158. The standard InChI is InChI=1S/C19H18ClN3O2/c1-12-3-6-15(11-13(12)2)21-19(25)17-9-10-18(24)23(22-17)16-7-4-14(20)5-8-16/h3-9,11,22H,10H2,1-2H3,(H,21,25). The van der Waals surface area contributed by atoms with E-state index in [1.54, 1.807) is 30.3 Å². The molecule has 2 amide bonds. The summed E-state index contributed by atoms with van der Waals surface area (Å²) in [5.74, 6) is -0.445. The Bertz CT molecular complexity index is 859. The number of halogens is 1. The van der Waals surface area contributed by atoms with Crippen molar-refractivity contribution in [2.24, 2.45) is 0 Å². The molecule has 2 N–H and O–H groups in total. The maximum absolute atomic E-state index is 12.5. The summed E-state index contributed by atoms with van der Waals surface area (Å²) in [4.78, 5) is 24.6. The third kappa shape index (κ3) is 3.83. The number of carbonyl (C=O) groups is 2. The van der Waals surface area contributed by atoms with Crippen LogP contribution in [0.25, 0.3) is 0 Å². The summed E-state index contributed by atoms with van der Waals surface area (Å²) in [5.41, 5.74) is 6.80. The number of anilines is 2. The van der Waals surface area contributed by atoms with E-state index < -0.39 is 0 Å². The molecule has 128 valence electrons. The van der Waals surface area contributed by atoms with Crippen LogP contribution in [0.5, 0.6) is 0 Å². The summed E-state index contributed by atoms with van der Waals surface area (Å²) >= 11 is 5.88. The van der Waals surface area contributed by atoms with Gasteiger partial charge >= 0.3 is 0 Å². The first-order valence-corrected chi connectivity index (χ1v) is 8.26. The third-order valence-electron chi connectivity index (χ3n) is 4.06. The lowest BCUT2D eigenvalue weighted by molar-refractivity contribution is -0.119. The molecule has 25 heavy (non-hydrogen) atoms. The first-order valence-electron chi connectivity index (χ1n) is 7.88. The Kier molecular flexibility index (Phi) is 4.76. The van der Waals surface area contributed by atoms with Gasteiger partial charge in [-0.05, 0) is 67.4 Å². The highest BCUT2D eigenvalue weighted by Gasteiger charge is 2.24. The van der Waals surface area contributed by atoms with Gasteiger partial charge in [0.25, 0.3) is 5.91 Å². The molecule has 0 saturated heterocycles. The van der Waals surface area contributed by atoms with Crippen molar-refractivity contribution in [1.82, 2.24) is 5.43 Å². The molecule has 6 heteroatoms. The van der Waals surface area contributed by atoms with E-state index in [9.17, 15) is 9.59 Å². The number of amides is 2. The first kappa shape index (κ1) is 17.0. The van der Waals surface area contributed by atoms with E-state index in [-0.39, 0.29) is 18.2 Å². The third-order valence-corrected chi connectivity index (χ3v) is 4.31. The van der Waals surface area contributed by atoms with Crippen molar-refractivity contribution in [3.05, 3.63) is 70.4 Å². The minimum absolute atomic E-state index is 0.144. The van der Waals surface area contributed by atoms with Crippen LogP contribution < -0.4 is 15.8 Å². The number of hydrazine groups is 1. The Morgan fingerprint density at radius 1 is 1.12 bits per heavy atom. The second-order valence-electron chi connectivity index (χ2n) is 5.89. The summed E-state index contributed by atoms with van der Waals surface area (Å²) in [6, 6.07) is 12.6. The number of benzene rings is 2. The predicted molar refractivity (Wildman–Crippen MR) is 99.3 cm³/mol. The molecule has 0 fully saturated rings. The molecule has 0 unspecified atom stereocenters. The van der Waals surface area contributed by atoms with Gasteiger partial charge in [0.15, 0.2) is 0 Å². The molecule has 0 spiro atoms. The summed E-state index contributed by atoms with van der Waals surface area (Å²) in [7, 11) is 0. The summed E-state index contributed by atoms with van der Waals surface area (Å²) in [5, 5.41) is 4.78. The Hall–Kier alpha value is -2.79. The molecule has 1 aliphatic heterocycles. The lowest BCUT2D eigenvalue weighted by atomic mass is 10.1. The van der Waals surface area contributed by atoms with Gasteiger partial charge in [-0.15, -0.1) is 0 Å². The van der Waals surface area contributed by atoms with Crippen LogP contribution in [-0.2, 0) is 9.59 Å². The summed E-state index contributed by atoms with van der Waals surface area (Å²) in [6.45, 7) is 4.01. The minimum atomic E-state index is -0.297. The average Bonchev–Trinajstić information content (AvgIpc) is 2.59. The molecule has 2 aromatic carbocycles. The number of rotatable bonds is 3. The summed E-state index contributed by atoms with van der Waals surface area (Å²) < 4.78 is 0. The van der Waals surface area contributed by atoms with Gasteiger partial charge in [0.1, 0.15) is 5.70 Å². The highest BCUT2D eigenvalue weighted by molar-refractivity contribution is 6.30. The number of nitrogens with one attached hydrogen (secondary N) is 2. The number of hydrogen-bond donors (Lipinski definition) is 2. The average molecular weight is 356 g/mol. The van der Waals surface area contributed by atoms with Gasteiger partial charge in [-0.2, -0.15) is 0 Å². The maximum atomic E-state index is 12.5. The molecule has 1 aliphatic rings. The maximum Gasteiger partial charge on any atom is 0.273 e. The van der Waals surface area contributed by atoms with E-state index in [0.717, 1.165) is 11.1 Å². The normalized spacial score (nSPS) is 14.0. The SMILES string of the molecule is Cc1ccc(NC(=O)C2=CCC(=O)N(c3ccc(Cl)cc3)N2)cc1C. The topological polar surface area (TPSA) is 61.4 Å². The van der Waals surface area contributed by atoms with E-state index in [1.807, 2.05) is 32.0 Å². The predicted octanol–water partition coefficient (Wildman–Crippen LogP) is 3.72. The molecular weight excluding hydrogens is 338 g/mol. The molecule has 0 bridgehead atoms. The Morgan fingerprint density at radius 2 is 1.84 bits per heavy atom. The lowest BCUT2D eigenvalue weighted by Crippen LogP contribution is -2.47. The quantitative estimate of drug-likeness (QED) is 0.882. The fourth-order valence-electron chi connectivity index (χ4n) is 2.47. The zero-order chi connectivity index (χ0) is 18.0. The second-order valence-corrected chi connectivity index (χ2v) is 6.33. The van der Waals surface area contributed by atoms with Crippen LogP contribution in [0.1, 0.15) is 17.5 Å². The Morgan fingerprint density at radius 3 is 2.52 bits per heavy atom. The Labute approximate surface area is 151 Å². The molecule has 0 saturated carbocycles. The molecule has 3 rings (SSSR count). The van der Waals surface area contributed by atoms with Crippen LogP contribution in [0.15, 0.2) is 54.2 Å². The van der Waals surface area contributed by atoms with Crippen molar-refractivity contribution in [2.45, 2.75) is 20.3 Å². The number of carbonyl (C=O) groups excluding carboxylic acids is 2. The van der Waals surface area contributed by atoms with Crippen LogP contribution in [0.4, 0.5) is 11.4 Å².